The first-order valence-electron chi connectivity index (χ1n) is 5.76. The second-order valence-corrected chi connectivity index (χ2v) is 4.24. The quantitative estimate of drug-likeness (QED) is 0.873. The van der Waals surface area contributed by atoms with Crippen LogP contribution in [-0.2, 0) is 0 Å². The van der Waals surface area contributed by atoms with Crippen molar-refractivity contribution in [2.24, 2.45) is 0 Å². The number of benzene rings is 1. The highest BCUT2D eigenvalue weighted by Gasteiger charge is 2.30. The zero-order valence-electron chi connectivity index (χ0n) is 9.98. The third kappa shape index (κ3) is 1.73. The average molecular weight is 246 g/mol. The van der Waals surface area contributed by atoms with Crippen LogP contribution in [0.25, 0.3) is 0 Å². The van der Waals surface area contributed by atoms with Crippen molar-refractivity contribution < 1.29 is 14.6 Å². The van der Waals surface area contributed by atoms with E-state index in [-0.39, 0.29) is 6.04 Å². The first-order chi connectivity index (χ1) is 8.79. The number of imidazole rings is 1. The summed E-state index contributed by atoms with van der Waals surface area (Å²) >= 11 is 0. The van der Waals surface area contributed by atoms with Crippen molar-refractivity contribution in [3.05, 3.63) is 42.5 Å². The molecule has 0 fully saturated rings. The highest BCUT2D eigenvalue weighted by atomic mass is 16.5. The fourth-order valence-corrected chi connectivity index (χ4v) is 2.20. The van der Waals surface area contributed by atoms with Crippen LogP contribution in [0.3, 0.4) is 0 Å². The lowest BCUT2D eigenvalue weighted by Gasteiger charge is -2.31. The summed E-state index contributed by atoms with van der Waals surface area (Å²) in [6, 6.07) is 5.31. The van der Waals surface area contributed by atoms with Gasteiger partial charge in [0.15, 0.2) is 0 Å². The zero-order valence-corrected chi connectivity index (χ0v) is 9.98. The number of ether oxygens (including phenoxy) is 2. The predicted molar refractivity (Wildman–Crippen MR) is 64.7 cm³/mol. The largest absolute Gasteiger partial charge is 0.497 e. The van der Waals surface area contributed by atoms with Gasteiger partial charge in [-0.2, -0.15) is 0 Å². The Hall–Kier alpha value is -2.01. The Morgan fingerprint density at radius 1 is 1.50 bits per heavy atom. The molecule has 0 saturated carbocycles. The Bertz CT molecular complexity index is 539. The SMILES string of the molecule is COc1ccc2c(c1)OCC(n1ccnc1)C2O. The van der Waals surface area contributed by atoms with Crippen molar-refractivity contribution in [1.29, 1.82) is 0 Å². The van der Waals surface area contributed by atoms with Crippen molar-refractivity contribution >= 4 is 0 Å². The maximum absolute atomic E-state index is 10.4. The van der Waals surface area contributed by atoms with Gasteiger partial charge >= 0.3 is 0 Å². The van der Waals surface area contributed by atoms with Crippen LogP contribution in [0, 0.1) is 0 Å². The van der Waals surface area contributed by atoms with Gasteiger partial charge in [0.2, 0.25) is 0 Å². The average Bonchev–Trinajstić information content (AvgIpc) is 2.92. The minimum atomic E-state index is -0.603. The number of rotatable bonds is 2. The Morgan fingerprint density at radius 3 is 3.11 bits per heavy atom. The zero-order chi connectivity index (χ0) is 12.5. The van der Waals surface area contributed by atoms with Crippen LogP contribution in [0.15, 0.2) is 36.9 Å². The number of aromatic nitrogens is 2. The number of methoxy groups -OCH3 is 1. The molecule has 2 atom stereocenters. The fraction of sp³-hybridized carbons (Fsp3) is 0.308. The molecule has 5 heteroatoms. The lowest BCUT2D eigenvalue weighted by Crippen LogP contribution is -2.28. The first kappa shape index (κ1) is 11.1. The van der Waals surface area contributed by atoms with E-state index in [4.69, 9.17) is 9.47 Å². The molecule has 1 aromatic carbocycles. The molecule has 2 unspecified atom stereocenters. The number of fused-ring (bicyclic) bond motifs is 1. The van der Waals surface area contributed by atoms with Crippen molar-refractivity contribution in [2.75, 3.05) is 13.7 Å². The van der Waals surface area contributed by atoms with E-state index in [0.717, 1.165) is 11.3 Å². The molecular weight excluding hydrogens is 232 g/mol. The Labute approximate surface area is 105 Å². The summed E-state index contributed by atoms with van der Waals surface area (Å²) in [5.41, 5.74) is 0.778. The molecule has 0 saturated heterocycles. The van der Waals surface area contributed by atoms with E-state index in [1.165, 1.54) is 0 Å². The van der Waals surface area contributed by atoms with Crippen LogP contribution in [0.4, 0.5) is 0 Å². The lowest BCUT2D eigenvalue weighted by atomic mass is 9.99. The third-order valence-corrected chi connectivity index (χ3v) is 3.22. The van der Waals surface area contributed by atoms with Crippen molar-refractivity contribution in [3.8, 4) is 11.5 Å². The van der Waals surface area contributed by atoms with Crippen LogP contribution in [-0.4, -0.2) is 28.4 Å². The monoisotopic (exact) mass is 246 g/mol. The molecule has 94 valence electrons. The van der Waals surface area contributed by atoms with Gasteiger partial charge in [-0.15, -0.1) is 0 Å². The molecular formula is C13H14N2O3. The van der Waals surface area contributed by atoms with Gasteiger partial charge in [-0.25, -0.2) is 4.98 Å². The number of aliphatic hydroxyl groups excluding tert-OH is 1. The van der Waals surface area contributed by atoms with E-state index in [9.17, 15) is 5.11 Å². The van der Waals surface area contributed by atoms with Gasteiger partial charge < -0.3 is 19.1 Å². The smallest absolute Gasteiger partial charge is 0.128 e. The van der Waals surface area contributed by atoms with Crippen molar-refractivity contribution in [2.45, 2.75) is 12.1 Å². The summed E-state index contributed by atoms with van der Waals surface area (Å²) < 4.78 is 12.7. The first-order valence-corrected chi connectivity index (χ1v) is 5.76. The molecule has 2 aromatic rings. The van der Waals surface area contributed by atoms with E-state index in [2.05, 4.69) is 4.98 Å². The van der Waals surface area contributed by atoms with Gasteiger partial charge in [0.1, 0.15) is 24.2 Å². The number of hydrogen-bond acceptors (Lipinski definition) is 4. The van der Waals surface area contributed by atoms with Gasteiger partial charge in [0.05, 0.1) is 19.5 Å². The molecule has 0 aliphatic carbocycles. The van der Waals surface area contributed by atoms with E-state index in [1.807, 2.05) is 22.9 Å². The maximum atomic E-state index is 10.4. The second kappa shape index (κ2) is 4.34. The van der Waals surface area contributed by atoms with E-state index >= 15 is 0 Å². The summed E-state index contributed by atoms with van der Waals surface area (Å²) in [5, 5.41) is 10.4. The van der Waals surface area contributed by atoms with Crippen LogP contribution < -0.4 is 9.47 Å². The summed E-state index contributed by atoms with van der Waals surface area (Å²) in [6.07, 6.45) is 4.60. The summed E-state index contributed by atoms with van der Waals surface area (Å²) in [6.45, 7) is 0.414. The molecule has 0 spiro atoms. The van der Waals surface area contributed by atoms with E-state index < -0.39 is 6.10 Å². The van der Waals surface area contributed by atoms with Crippen molar-refractivity contribution in [3.63, 3.8) is 0 Å². The van der Waals surface area contributed by atoms with E-state index in [0.29, 0.717) is 12.4 Å². The molecule has 1 aromatic heterocycles. The van der Waals surface area contributed by atoms with Gasteiger partial charge in [0, 0.05) is 24.0 Å². The molecule has 2 heterocycles. The number of hydrogen-bond donors (Lipinski definition) is 1. The van der Waals surface area contributed by atoms with E-state index in [1.54, 1.807) is 25.7 Å². The lowest BCUT2D eigenvalue weighted by molar-refractivity contribution is 0.0567. The predicted octanol–water partition coefficient (Wildman–Crippen LogP) is 1.56. The standard InChI is InChI=1S/C13H14N2O3/c1-17-9-2-3-10-12(6-9)18-7-11(13(10)16)15-5-4-14-8-15/h2-6,8,11,13,16H,7H2,1H3. The Morgan fingerprint density at radius 2 is 2.39 bits per heavy atom. The van der Waals surface area contributed by atoms with Crippen LogP contribution in [0.2, 0.25) is 0 Å². The topological polar surface area (TPSA) is 56.5 Å². The molecule has 3 rings (SSSR count). The molecule has 1 aliphatic heterocycles. The minimum Gasteiger partial charge on any atom is -0.497 e. The molecule has 0 bridgehead atoms. The van der Waals surface area contributed by atoms with Crippen LogP contribution in [0.5, 0.6) is 11.5 Å². The highest BCUT2D eigenvalue weighted by Crippen LogP contribution is 2.39. The summed E-state index contributed by atoms with van der Waals surface area (Å²) in [4.78, 5) is 3.99. The van der Waals surface area contributed by atoms with Gasteiger partial charge in [-0.3, -0.25) is 0 Å². The highest BCUT2D eigenvalue weighted by molar-refractivity contribution is 5.43. The Kier molecular flexibility index (Phi) is 2.68. The van der Waals surface area contributed by atoms with Crippen LogP contribution in [0.1, 0.15) is 17.7 Å². The molecule has 18 heavy (non-hydrogen) atoms. The van der Waals surface area contributed by atoms with Crippen molar-refractivity contribution in [1.82, 2.24) is 9.55 Å². The fourth-order valence-electron chi connectivity index (χ4n) is 2.20. The van der Waals surface area contributed by atoms with Gasteiger partial charge in [0.25, 0.3) is 0 Å². The number of aliphatic hydroxyl groups is 1. The minimum absolute atomic E-state index is 0.145. The third-order valence-electron chi connectivity index (χ3n) is 3.22. The molecule has 1 aliphatic rings. The second-order valence-electron chi connectivity index (χ2n) is 4.24. The molecule has 1 N–H and O–H groups in total. The Balaban J connectivity index is 1.95. The molecule has 5 nitrogen and oxygen atoms in total. The summed E-state index contributed by atoms with van der Waals surface area (Å²) in [7, 11) is 1.61. The van der Waals surface area contributed by atoms with Gasteiger partial charge in [-0.1, -0.05) is 0 Å². The van der Waals surface area contributed by atoms with Gasteiger partial charge in [-0.05, 0) is 12.1 Å². The summed E-state index contributed by atoms with van der Waals surface area (Å²) in [5.74, 6) is 1.40. The normalized spacial score (nSPS) is 22.1. The maximum Gasteiger partial charge on any atom is 0.128 e. The molecule has 0 radical (unpaired) electrons. The van der Waals surface area contributed by atoms with Crippen LogP contribution >= 0.6 is 0 Å². The molecule has 0 amide bonds. The number of nitrogens with zero attached hydrogens (tertiary/aromatic N) is 2.